The van der Waals surface area contributed by atoms with Crippen molar-refractivity contribution in [3.05, 3.63) is 29.3 Å². The Hall–Kier alpha value is -0.420. The summed E-state index contributed by atoms with van der Waals surface area (Å²) in [5.41, 5.74) is -0.420. The summed E-state index contributed by atoms with van der Waals surface area (Å²) >= 11 is 7.53. The molecule has 0 bridgehead atoms. The largest absolute Gasteiger partial charge is 0.459 e. The summed E-state index contributed by atoms with van der Waals surface area (Å²) in [6.07, 6.45) is 0. The van der Waals surface area contributed by atoms with Gasteiger partial charge >= 0.3 is 5.97 Å². The molecule has 1 N–H and O–H groups in total. The lowest BCUT2D eigenvalue weighted by Gasteiger charge is -2.19. The van der Waals surface area contributed by atoms with Crippen molar-refractivity contribution in [2.45, 2.75) is 31.3 Å². The zero-order valence-corrected chi connectivity index (χ0v) is 14.3. The van der Waals surface area contributed by atoms with Crippen LogP contribution < -0.4 is 5.32 Å². The van der Waals surface area contributed by atoms with Crippen molar-refractivity contribution in [3.8, 4) is 0 Å². The number of halogens is 2. The second-order valence-corrected chi connectivity index (χ2v) is 6.67. The molecule has 0 radical (unpaired) electrons. The van der Waals surface area contributed by atoms with Crippen molar-refractivity contribution in [2.24, 2.45) is 0 Å². The van der Waals surface area contributed by atoms with Gasteiger partial charge < -0.3 is 10.1 Å². The van der Waals surface area contributed by atoms with Gasteiger partial charge in [0.1, 0.15) is 5.60 Å². The molecule has 0 aromatic heterocycles. The van der Waals surface area contributed by atoms with Gasteiger partial charge in [-0.2, -0.15) is 0 Å². The van der Waals surface area contributed by atoms with Gasteiger partial charge in [0.25, 0.3) is 0 Å². The molecule has 1 rings (SSSR count). The minimum Gasteiger partial charge on any atom is -0.459 e. The van der Waals surface area contributed by atoms with E-state index in [0.29, 0.717) is 0 Å². The Morgan fingerprint density at radius 2 is 1.90 bits per heavy atom. The van der Waals surface area contributed by atoms with Crippen LogP contribution in [0.5, 0.6) is 0 Å². The van der Waals surface area contributed by atoms with E-state index in [1.165, 1.54) is 4.90 Å². The standard InChI is InChI=1S/C14H20ClNO2S.ClH/c1-14(2,3)18-13(17)10-16-8-9-19-12-6-4-11(15)5-7-12;/h4-7,16H,8-10H2,1-3H3;1H. The maximum absolute atomic E-state index is 11.4. The number of benzene rings is 1. The van der Waals surface area contributed by atoms with Crippen LogP contribution >= 0.6 is 35.8 Å². The Bertz CT molecular complexity index is 405. The van der Waals surface area contributed by atoms with Crippen molar-refractivity contribution in [3.63, 3.8) is 0 Å². The molecule has 0 saturated carbocycles. The molecule has 0 aliphatic heterocycles. The highest BCUT2D eigenvalue weighted by Crippen LogP contribution is 2.19. The van der Waals surface area contributed by atoms with Gasteiger partial charge in [-0.25, -0.2) is 0 Å². The number of rotatable bonds is 6. The summed E-state index contributed by atoms with van der Waals surface area (Å²) in [7, 11) is 0. The quantitative estimate of drug-likeness (QED) is 0.487. The predicted molar refractivity (Wildman–Crippen MR) is 88.1 cm³/mol. The summed E-state index contributed by atoms with van der Waals surface area (Å²) in [6.45, 7) is 6.59. The highest BCUT2D eigenvalue weighted by atomic mass is 35.5. The number of carbonyl (C=O) groups excluding carboxylic acids is 1. The lowest BCUT2D eigenvalue weighted by atomic mass is 10.2. The molecule has 1 aromatic carbocycles. The van der Waals surface area contributed by atoms with E-state index < -0.39 is 5.60 Å². The van der Waals surface area contributed by atoms with Crippen LogP contribution in [0.15, 0.2) is 29.2 Å². The molecular weight excluding hydrogens is 317 g/mol. The van der Waals surface area contributed by atoms with Crippen molar-refractivity contribution < 1.29 is 9.53 Å². The Kier molecular flexibility index (Phi) is 9.30. The smallest absolute Gasteiger partial charge is 0.320 e. The van der Waals surface area contributed by atoms with Crippen LogP contribution in [-0.4, -0.2) is 30.4 Å². The number of carbonyl (C=O) groups is 1. The van der Waals surface area contributed by atoms with E-state index in [-0.39, 0.29) is 24.9 Å². The van der Waals surface area contributed by atoms with Crippen molar-refractivity contribution in [1.29, 1.82) is 0 Å². The van der Waals surface area contributed by atoms with Gasteiger partial charge in [-0.05, 0) is 45.0 Å². The Balaban J connectivity index is 0.00000361. The summed E-state index contributed by atoms with van der Waals surface area (Å²) < 4.78 is 5.19. The predicted octanol–water partition coefficient (Wildman–Crippen LogP) is 3.79. The van der Waals surface area contributed by atoms with Crippen LogP contribution in [0.25, 0.3) is 0 Å². The molecule has 0 atom stereocenters. The van der Waals surface area contributed by atoms with E-state index in [4.69, 9.17) is 16.3 Å². The Morgan fingerprint density at radius 1 is 1.30 bits per heavy atom. The topological polar surface area (TPSA) is 38.3 Å². The van der Waals surface area contributed by atoms with Gasteiger partial charge in [-0.3, -0.25) is 4.79 Å². The maximum Gasteiger partial charge on any atom is 0.320 e. The third kappa shape index (κ3) is 9.48. The molecule has 0 aliphatic carbocycles. The van der Waals surface area contributed by atoms with Crippen molar-refractivity contribution in [1.82, 2.24) is 5.32 Å². The lowest BCUT2D eigenvalue weighted by molar-refractivity contribution is -0.153. The van der Waals surface area contributed by atoms with Gasteiger partial charge in [0.2, 0.25) is 0 Å². The minimum absolute atomic E-state index is 0. The van der Waals surface area contributed by atoms with E-state index in [1.54, 1.807) is 11.8 Å². The molecule has 0 amide bonds. The van der Waals surface area contributed by atoms with E-state index in [9.17, 15) is 4.79 Å². The van der Waals surface area contributed by atoms with Gasteiger partial charge in [0.15, 0.2) is 0 Å². The number of hydrogen-bond acceptors (Lipinski definition) is 4. The van der Waals surface area contributed by atoms with Crippen LogP contribution in [0.4, 0.5) is 0 Å². The van der Waals surface area contributed by atoms with Crippen LogP contribution in [0.1, 0.15) is 20.8 Å². The number of nitrogens with one attached hydrogen (secondary N) is 1. The molecule has 1 aromatic rings. The highest BCUT2D eigenvalue weighted by molar-refractivity contribution is 7.99. The summed E-state index contributed by atoms with van der Waals surface area (Å²) in [5, 5.41) is 3.81. The molecule has 20 heavy (non-hydrogen) atoms. The minimum atomic E-state index is -0.420. The first kappa shape index (κ1) is 19.6. The summed E-state index contributed by atoms with van der Waals surface area (Å²) in [5.74, 6) is 0.675. The zero-order valence-electron chi connectivity index (χ0n) is 11.9. The van der Waals surface area contributed by atoms with E-state index >= 15 is 0 Å². The molecule has 0 aliphatic rings. The second kappa shape index (κ2) is 9.50. The molecule has 0 heterocycles. The van der Waals surface area contributed by atoms with Crippen LogP contribution in [0.3, 0.4) is 0 Å². The average Bonchev–Trinajstić information content (AvgIpc) is 2.29. The first-order valence-electron chi connectivity index (χ1n) is 6.18. The summed E-state index contributed by atoms with van der Waals surface area (Å²) in [6, 6.07) is 7.72. The first-order valence-corrected chi connectivity index (χ1v) is 7.54. The van der Waals surface area contributed by atoms with Gasteiger partial charge in [0, 0.05) is 22.2 Å². The fourth-order valence-electron chi connectivity index (χ4n) is 1.34. The average molecular weight is 338 g/mol. The lowest BCUT2D eigenvalue weighted by Crippen LogP contribution is -2.32. The highest BCUT2D eigenvalue weighted by Gasteiger charge is 2.15. The number of ether oxygens (including phenoxy) is 1. The third-order valence-corrected chi connectivity index (χ3v) is 3.32. The van der Waals surface area contributed by atoms with E-state index in [0.717, 1.165) is 17.3 Å². The molecule has 0 unspecified atom stereocenters. The Labute approximate surface area is 136 Å². The third-order valence-electron chi connectivity index (χ3n) is 2.05. The van der Waals surface area contributed by atoms with E-state index in [2.05, 4.69) is 5.32 Å². The normalized spacial score (nSPS) is 10.8. The van der Waals surface area contributed by atoms with Gasteiger partial charge in [0.05, 0.1) is 6.54 Å². The number of esters is 1. The molecule has 3 nitrogen and oxygen atoms in total. The molecule has 114 valence electrons. The maximum atomic E-state index is 11.4. The van der Waals surface area contributed by atoms with Crippen LogP contribution in [-0.2, 0) is 9.53 Å². The first-order chi connectivity index (χ1) is 8.87. The molecule has 6 heteroatoms. The molecule has 0 spiro atoms. The van der Waals surface area contributed by atoms with Crippen LogP contribution in [0.2, 0.25) is 5.02 Å². The van der Waals surface area contributed by atoms with E-state index in [1.807, 2.05) is 45.0 Å². The van der Waals surface area contributed by atoms with Gasteiger partial charge in [-0.1, -0.05) is 11.6 Å². The molecular formula is C14H21Cl2NO2S. The van der Waals surface area contributed by atoms with Crippen molar-refractivity contribution >= 4 is 41.7 Å². The fourth-order valence-corrected chi connectivity index (χ4v) is 2.28. The second-order valence-electron chi connectivity index (χ2n) is 5.07. The SMILES string of the molecule is CC(C)(C)OC(=O)CNCCSc1ccc(Cl)cc1.Cl. The fraction of sp³-hybridized carbons (Fsp3) is 0.500. The van der Waals surface area contributed by atoms with Crippen LogP contribution in [0, 0.1) is 0 Å². The zero-order chi connectivity index (χ0) is 14.3. The summed E-state index contributed by atoms with van der Waals surface area (Å²) in [4.78, 5) is 12.6. The molecule has 0 fully saturated rings. The van der Waals surface area contributed by atoms with Crippen molar-refractivity contribution in [2.75, 3.05) is 18.8 Å². The Morgan fingerprint density at radius 3 is 2.45 bits per heavy atom. The number of hydrogen-bond donors (Lipinski definition) is 1. The monoisotopic (exact) mass is 337 g/mol. The molecule has 0 saturated heterocycles. The van der Waals surface area contributed by atoms with Gasteiger partial charge in [-0.15, -0.1) is 24.2 Å². The number of thioether (sulfide) groups is 1.